The summed E-state index contributed by atoms with van der Waals surface area (Å²) in [5.74, 6) is -0.241. The first-order valence-electron chi connectivity index (χ1n) is 7.37. The lowest BCUT2D eigenvalue weighted by molar-refractivity contribution is -0.122. The van der Waals surface area contributed by atoms with Crippen LogP contribution in [0.25, 0.3) is 0 Å². The Morgan fingerprint density at radius 1 is 1.24 bits per heavy atom. The summed E-state index contributed by atoms with van der Waals surface area (Å²) in [6.07, 6.45) is 1.56. The van der Waals surface area contributed by atoms with Crippen LogP contribution >= 0.6 is 0 Å². The SMILES string of the molecule is CCCC(N)C(=O)NCc1cccc(NC(=O)C(C)C)c1. The second-order valence-corrected chi connectivity index (χ2v) is 5.46. The van der Waals surface area contributed by atoms with Crippen molar-refractivity contribution in [2.75, 3.05) is 5.32 Å². The first-order chi connectivity index (χ1) is 9.93. The summed E-state index contributed by atoms with van der Waals surface area (Å²) in [4.78, 5) is 23.4. The zero-order chi connectivity index (χ0) is 15.8. The van der Waals surface area contributed by atoms with E-state index in [4.69, 9.17) is 5.73 Å². The molecule has 1 atom stereocenters. The van der Waals surface area contributed by atoms with Crippen LogP contribution in [0.15, 0.2) is 24.3 Å². The van der Waals surface area contributed by atoms with E-state index in [-0.39, 0.29) is 17.7 Å². The average molecular weight is 291 g/mol. The fourth-order valence-corrected chi connectivity index (χ4v) is 1.81. The van der Waals surface area contributed by atoms with Crippen molar-refractivity contribution < 1.29 is 9.59 Å². The molecule has 4 N–H and O–H groups in total. The van der Waals surface area contributed by atoms with E-state index in [1.807, 2.05) is 45.0 Å². The molecule has 0 saturated heterocycles. The normalized spacial score (nSPS) is 12.0. The van der Waals surface area contributed by atoms with Crippen molar-refractivity contribution in [3.63, 3.8) is 0 Å². The van der Waals surface area contributed by atoms with E-state index in [1.165, 1.54) is 0 Å². The minimum atomic E-state index is -0.459. The molecule has 5 heteroatoms. The maximum atomic E-state index is 11.8. The van der Waals surface area contributed by atoms with Crippen molar-refractivity contribution in [1.29, 1.82) is 0 Å². The number of amides is 2. The zero-order valence-electron chi connectivity index (χ0n) is 13.0. The Balaban J connectivity index is 2.57. The van der Waals surface area contributed by atoms with Crippen LogP contribution in [0.3, 0.4) is 0 Å². The van der Waals surface area contributed by atoms with Crippen molar-refractivity contribution in [2.45, 2.75) is 46.2 Å². The van der Waals surface area contributed by atoms with E-state index in [9.17, 15) is 9.59 Å². The molecule has 0 aliphatic rings. The van der Waals surface area contributed by atoms with E-state index in [0.29, 0.717) is 13.0 Å². The largest absolute Gasteiger partial charge is 0.351 e. The lowest BCUT2D eigenvalue weighted by atomic mass is 10.1. The molecule has 0 spiro atoms. The van der Waals surface area contributed by atoms with E-state index in [1.54, 1.807) is 0 Å². The summed E-state index contributed by atoms with van der Waals surface area (Å²) in [5, 5.41) is 5.65. The number of hydrogen-bond acceptors (Lipinski definition) is 3. The van der Waals surface area contributed by atoms with Crippen LogP contribution < -0.4 is 16.4 Å². The van der Waals surface area contributed by atoms with Crippen LogP contribution in [0.4, 0.5) is 5.69 Å². The fraction of sp³-hybridized carbons (Fsp3) is 0.500. The quantitative estimate of drug-likeness (QED) is 0.718. The third kappa shape index (κ3) is 5.95. The van der Waals surface area contributed by atoms with Gasteiger partial charge in [0.15, 0.2) is 0 Å². The minimum Gasteiger partial charge on any atom is -0.351 e. The molecule has 0 heterocycles. The van der Waals surface area contributed by atoms with Gasteiger partial charge in [-0.2, -0.15) is 0 Å². The summed E-state index contributed by atoms with van der Waals surface area (Å²) in [5.41, 5.74) is 7.41. The van der Waals surface area contributed by atoms with Crippen LogP contribution in [-0.4, -0.2) is 17.9 Å². The van der Waals surface area contributed by atoms with Gasteiger partial charge < -0.3 is 16.4 Å². The number of carbonyl (C=O) groups is 2. The van der Waals surface area contributed by atoms with Gasteiger partial charge >= 0.3 is 0 Å². The molecule has 1 rings (SSSR count). The molecule has 1 aromatic carbocycles. The molecular formula is C16H25N3O2. The number of anilines is 1. The number of nitrogens with one attached hydrogen (secondary N) is 2. The highest BCUT2D eigenvalue weighted by Crippen LogP contribution is 2.12. The van der Waals surface area contributed by atoms with Crippen LogP contribution in [0.1, 0.15) is 39.2 Å². The lowest BCUT2D eigenvalue weighted by Crippen LogP contribution is -2.40. The van der Waals surface area contributed by atoms with Crippen LogP contribution in [0, 0.1) is 5.92 Å². The van der Waals surface area contributed by atoms with Gasteiger partial charge in [-0.3, -0.25) is 9.59 Å². The topological polar surface area (TPSA) is 84.2 Å². The Labute approximate surface area is 126 Å². The molecule has 0 fully saturated rings. The Morgan fingerprint density at radius 3 is 2.57 bits per heavy atom. The molecule has 5 nitrogen and oxygen atoms in total. The number of carbonyl (C=O) groups excluding carboxylic acids is 2. The highest BCUT2D eigenvalue weighted by Gasteiger charge is 2.12. The molecule has 0 radical (unpaired) electrons. The zero-order valence-corrected chi connectivity index (χ0v) is 13.0. The average Bonchev–Trinajstić information content (AvgIpc) is 2.45. The van der Waals surface area contributed by atoms with Crippen LogP contribution in [-0.2, 0) is 16.1 Å². The molecule has 0 bridgehead atoms. The van der Waals surface area contributed by atoms with Crippen LogP contribution in [0.5, 0.6) is 0 Å². The first kappa shape index (κ1) is 17.2. The Morgan fingerprint density at radius 2 is 1.95 bits per heavy atom. The molecule has 116 valence electrons. The Bertz CT molecular complexity index is 486. The maximum absolute atomic E-state index is 11.8. The number of benzene rings is 1. The highest BCUT2D eigenvalue weighted by molar-refractivity contribution is 5.92. The summed E-state index contributed by atoms with van der Waals surface area (Å²) in [6.45, 7) is 6.08. The number of nitrogens with two attached hydrogens (primary N) is 1. The molecule has 1 aromatic rings. The van der Waals surface area contributed by atoms with Crippen molar-refractivity contribution in [1.82, 2.24) is 5.32 Å². The second kappa shape index (κ2) is 8.42. The number of hydrogen-bond donors (Lipinski definition) is 3. The first-order valence-corrected chi connectivity index (χ1v) is 7.37. The summed E-state index contributed by atoms with van der Waals surface area (Å²) >= 11 is 0. The molecule has 21 heavy (non-hydrogen) atoms. The molecule has 0 aliphatic carbocycles. The van der Waals surface area contributed by atoms with Crippen LogP contribution in [0.2, 0.25) is 0 Å². The molecule has 1 unspecified atom stereocenters. The highest BCUT2D eigenvalue weighted by atomic mass is 16.2. The summed E-state index contributed by atoms with van der Waals surface area (Å²) < 4.78 is 0. The monoisotopic (exact) mass is 291 g/mol. The molecular weight excluding hydrogens is 266 g/mol. The second-order valence-electron chi connectivity index (χ2n) is 5.46. The van der Waals surface area contributed by atoms with Crippen molar-refractivity contribution in [2.24, 2.45) is 11.7 Å². The summed E-state index contributed by atoms with van der Waals surface area (Å²) in [7, 11) is 0. The Hall–Kier alpha value is -1.88. The van der Waals surface area contributed by atoms with Gasteiger partial charge in [0.1, 0.15) is 0 Å². The molecule has 2 amide bonds. The van der Waals surface area contributed by atoms with E-state index in [2.05, 4.69) is 10.6 Å². The third-order valence-electron chi connectivity index (χ3n) is 3.12. The molecule has 0 saturated carbocycles. The lowest BCUT2D eigenvalue weighted by Gasteiger charge is -2.12. The summed E-state index contributed by atoms with van der Waals surface area (Å²) in [6, 6.07) is 6.97. The van der Waals surface area contributed by atoms with Gasteiger partial charge in [0.2, 0.25) is 11.8 Å². The van der Waals surface area contributed by atoms with E-state index >= 15 is 0 Å². The molecule has 0 aliphatic heterocycles. The smallest absolute Gasteiger partial charge is 0.237 e. The standard InChI is InChI=1S/C16H25N3O2/c1-4-6-14(17)16(21)18-10-12-7-5-8-13(9-12)19-15(20)11(2)3/h5,7-9,11,14H,4,6,10,17H2,1-3H3,(H,18,21)(H,19,20). The van der Waals surface area contributed by atoms with Gasteiger partial charge in [0.05, 0.1) is 6.04 Å². The predicted octanol–water partition coefficient (Wildman–Crippen LogP) is 2.02. The minimum absolute atomic E-state index is 0.0267. The molecule has 0 aromatic heterocycles. The third-order valence-corrected chi connectivity index (χ3v) is 3.12. The van der Waals surface area contributed by atoms with Gasteiger partial charge in [-0.1, -0.05) is 39.3 Å². The van der Waals surface area contributed by atoms with Gasteiger partial charge in [0.25, 0.3) is 0 Å². The fourth-order valence-electron chi connectivity index (χ4n) is 1.81. The van der Waals surface area contributed by atoms with Crippen molar-refractivity contribution in [3.05, 3.63) is 29.8 Å². The van der Waals surface area contributed by atoms with Crippen molar-refractivity contribution >= 4 is 17.5 Å². The van der Waals surface area contributed by atoms with E-state index < -0.39 is 6.04 Å². The van der Waals surface area contributed by atoms with Gasteiger partial charge in [-0.15, -0.1) is 0 Å². The van der Waals surface area contributed by atoms with Gasteiger partial charge in [0, 0.05) is 18.2 Å². The van der Waals surface area contributed by atoms with Gasteiger partial charge in [-0.25, -0.2) is 0 Å². The Kier molecular flexibility index (Phi) is 6.88. The van der Waals surface area contributed by atoms with Gasteiger partial charge in [-0.05, 0) is 24.1 Å². The predicted molar refractivity (Wildman–Crippen MR) is 84.6 cm³/mol. The van der Waals surface area contributed by atoms with E-state index in [0.717, 1.165) is 17.7 Å². The maximum Gasteiger partial charge on any atom is 0.237 e. The number of rotatable bonds is 7. The van der Waals surface area contributed by atoms with Crippen molar-refractivity contribution in [3.8, 4) is 0 Å².